The molecule has 1 N–H and O–H groups in total. The van der Waals surface area contributed by atoms with E-state index >= 15 is 0 Å². The molecule has 2 aromatic carbocycles. The summed E-state index contributed by atoms with van der Waals surface area (Å²) in [6.45, 7) is 5.36. The normalized spacial score (nSPS) is 10.7. The van der Waals surface area contributed by atoms with Gasteiger partial charge < -0.3 is 9.84 Å². The highest BCUT2D eigenvalue weighted by Gasteiger charge is 2.10. The monoisotopic (exact) mass is 323 g/mol. The Morgan fingerprint density at radius 3 is 2.46 bits per heavy atom. The predicted octanol–water partition coefficient (Wildman–Crippen LogP) is 2.79. The van der Waals surface area contributed by atoms with Gasteiger partial charge in [0.15, 0.2) is 0 Å². The second kappa shape index (κ2) is 6.54. The van der Waals surface area contributed by atoms with Crippen molar-refractivity contribution in [2.75, 3.05) is 6.61 Å². The Labute approximate surface area is 139 Å². The first-order chi connectivity index (χ1) is 11.5. The molecule has 122 valence electrons. The average Bonchev–Trinajstić information content (AvgIpc) is 2.98. The quantitative estimate of drug-likeness (QED) is 0.577. The zero-order valence-electron chi connectivity index (χ0n) is 13.3. The summed E-state index contributed by atoms with van der Waals surface area (Å²) in [6, 6.07) is 12.7. The fourth-order valence-corrected chi connectivity index (χ4v) is 2.25. The number of esters is 1. The van der Waals surface area contributed by atoms with Crippen molar-refractivity contribution in [3.8, 4) is 11.4 Å². The standard InChI is InChI=1S/C18H17N3O3/c1-12(2)18(23)24-10-9-13-7-8-16(17(22)11-13)21-19-14-5-3-4-6-15(14)20-21/h3-8,11,22H,1,9-10H2,2H3. The van der Waals surface area contributed by atoms with Gasteiger partial charge >= 0.3 is 5.97 Å². The molecule has 0 aliphatic rings. The molecule has 3 rings (SSSR count). The van der Waals surface area contributed by atoms with Crippen LogP contribution in [0, 0.1) is 0 Å². The second-order valence-electron chi connectivity index (χ2n) is 5.47. The van der Waals surface area contributed by atoms with E-state index in [1.165, 1.54) is 4.80 Å². The molecule has 0 aliphatic carbocycles. The fourth-order valence-electron chi connectivity index (χ4n) is 2.25. The Kier molecular flexibility index (Phi) is 4.29. The van der Waals surface area contributed by atoms with Gasteiger partial charge in [-0.25, -0.2) is 4.79 Å². The molecule has 24 heavy (non-hydrogen) atoms. The first kappa shape index (κ1) is 15.7. The fraction of sp³-hybridized carbons (Fsp3) is 0.167. The van der Waals surface area contributed by atoms with Gasteiger partial charge in [0.25, 0.3) is 0 Å². The minimum Gasteiger partial charge on any atom is -0.506 e. The van der Waals surface area contributed by atoms with Crippen LogP contribution in [0.4, 0.5) is 0 Å². The number of phenolic OH excluding ortho intramolecular Hbond substituents is 1. The second-order valence-corrected chi connectivity index (χ2v) is 5.47. The Morgan fingerprint density at radius 1 is 1.21 bits per heavy atom. The molecule has 0 aliphatic heterocycles. The first-order valence-corrected chi connectivity index (χ1v) is 7.51. The van der Waals surface area contributed by atoms with Crippen molar-refractivity contribution < 1.29 is 14.6 Å². The van der Waals surface area contributed by atoms with Crippen molar-refractivity contribution in [1.29, 1.82) is 0 Å². The Hall–Kier alpha value is -3.15. The van der Waals surface area contributed by atoms with Crippen LogP contribution in [0.1, 0.15) is 12.5 Å². The third kappa shape index (κ3) is 3.27. The predicted molar refractivity (Wildman–Crippen MR) is 90.0 cm³/mol. The van der Waals surface area contributed by atoms with Gasteiger partial charge in [-0.2, -0.15) is 0 Å². The van der Waals surface area contributed by atoms with Crippen molar-refractivity contribution in [3.63, 3.8) is 0 Å². The van der Waals surface area contributed by atoms with Crippen molar-refractivity contribution in [1.82, 2.24) is 15.0 Å². The van der Waals surface area contributed by atoms with Crippen molar-refractivity contribution >= 4 is 17.0 Å². The summed E-state index contributed by atoms with van der Waals surface area (Å²) in [5.74, 6) is -0.345. The van der Waals surface area contributed by atoms with Gasteiger partial charge in [-0.15, -0.1) is 15.0 Å². The molecule has 1 aromatic heterocycles. The number of aromatic nitrogens is 3. The van der Waals surface area contributed by atoms with Crippen LogP contribution in [0.5, 0.6) is 5.75 Å². The van der Waals surface area contributed by atoms with Crippen LogP contribution >= 0.6 is 0 Å². The summed E-state index contributed by atoms with van der Waals surface area (Å²) < 4.78 is 5.05. The van der Waals surface area contributed by atoms with Crippen molar-refractivity contribution in [2.45, 2.75) is 13.3 Å². The summed E-state index contributed by atoms with van der Waals surface area (Å²) in [5.41, 5.74) is 3.22. The molecule has 6 nitrogen and oxygen atoms in total. The lowest BCUT2D eigenvalue weighted by Gasteiger charge is -2.07. The maximum absolute atomic E-state index is 11.3. The van der Waals surface area contributed by atoms with Gasteiger partial charge in [-0.3, -0.25) is 0 Å². The van der Waals surface area contributed by atoms with Gasteiger partial charge in [0.1, 0.15) is 22.5 Å². The van der Waals surface area contributed by atoms with E-state index in [-0.39, 0.29) is 12.4 Å². The summed E-state index contributed by atoms with van der Waals surface area (Å²) in [4.78, 5) is 12.7. The molecule has 0 amide bonds. The Balaban J connectivity index is 1.75. The lowest BCUT2D eigenvalue weighted by molar-refractivity contribution is -0.138. The molecule has 0 unspecified atom stereocenters. The molecule has 0 bridgehead atoms. The van der Waals surface area contributed by atoms with E-state index in [0.717, 1.165) is 16.6 Å². The number of phenols is 1. The largest absolute Gasteiger partial charge is 0.506 e. The third-order valence-electron chi connectivity index (χ3n) is 3.51. The molecule has 0 radical (unpaired) electrons. The van der Waals surface area contributed by atoms with E-state index < -0.39 is 5.97 Å². The molecule has 0 fully saturated rings. The Morgan fingerprint density at radius 2 is 1.88 bits per heavy atom. The van der Waals surface area contributed by atoms with E-state index in [4.69, 9.17) is 4.74 Å². The molecule has 0 spiro atoms. The van der Waals surface area contributed by atoms with Crippen LogP contribution in [0.2, 0.25) is 0 Å². The van der Waals surface area contributed by atoms with Crippen LogP contribution in [-0.2, 0) is 16.0 Å². The zero-order chi connectivity index (χ0) is 17.1. The van der Waals surface area contributed by atoms with Gasteiger partial charge in [0.05, 0.1) is 6.61 Å². The Bertz CT molecular complexity index is 882. The van der Waals surface area contributed by atoms with Gasteiger partial charge in [0, 0.05) is 12.0 Å². The highest BCUT2D eigenvalue weighted by Crippen LogP contribution is 2.23. The van der Waals surface area contributed by atoms with Crippen LogP contribution in [-0.4, -0.2) is 32.7 Å². The lowest BCUT2D eigenvalue weighted by atomic mass is 10.1. The first-order valence-electron chi connectivity index (χ1n) is 7.51. The average molecular weight is 323 g/mol. The molecular formula is C18H17N3O3. The molecule has 0 atom stereocenters. The van der Waals surface area contributed by atoms with Gasteiger partial charge in [0.2, 0.25) is 0 Å². The van der Waals surface area contributed by atoms with Crippen LogP contribution in [0.25, 0.3) is 16.7 Å². The molecule has 0 saturated carbocycles. The summed E-state index contributed by atoms with van der Waals surface area (Å²) in [5, 5.41) is 18.9. The highest BCUT2D eigenvalue weighted by molar-refractivity contribution is 5.86. The minimum absolute atomic E-state index is 0.0685. The number of carbonyl (C=O) groups excluding carboxylic acids is 1. The highest BCUT2D eigenvalue weighted by atomic mass is 16.5. The van der Waals surface area contributed by atoms with E-state index in [1.807, 2.05) is 30.3 Å². The summed E-state index contributed by atoms with van der Waals surface area (Å²) >= 11 is 0. The molecular weight excluding hydrogens is 306 g/mol. The number of hydrogen-bond acceptors (Lipinski definition) is 5. The third-order valence-corrected chi connectivity index (χ3v) is 3.51. The maximum atomic E-state index is 11.3. The summed E-state index contributed by atoms with van der Waals surface area (Å²) in [7, 11) is 0. The van der Waals surface area contributed by atoms with Crippen LogP contribution in [0.3, 0.4) is 0 Å². The van der Waals surface area contributed by atoms with Gasteiger partial charge in [-0.1, -0.05) is 24.8 Å². The lowest BCUT2D eigenvalue weighted by Crippen LogP contribution is -2.08. The van der Waals surface area contributed by atoms with Crippen molar-refractivity contribution in [2.24, 2.45) is 0 Å². The summed E-state index contributed by atoms with van der Waals surface area (Å²) in [6.07, 6.45) is 0.501. The topological polar surface area (TPSA) is 77.2 Å². The molecule has 0 saturated heterocycles. The smallest absolute Gasteiger partial charge is 0.333 e. The number of fused-ring (bicyclic) bond motifs is 1. The van der Waals surface area contributed by atoms with E-state index in [1.54, 1.807) is 19.1 Å². The number of aromatic hydroxyl groups is 1. The molecule has 6 heteroatoms. The van der Waals surface area contributed by atoms with Crippen LogP contribution < -0.4 is 0 Å². The van der Waals surface area contributed by atoms with E-state index in [2.05, 4.69) is 16.8 Å². The minimum atomic E-state index is -0.414. The van der Waals surface area contributed by atoms with Crippen molar-refractivity contribution in [3.05, 3.63) is 60.2 Å². The number of rotatable bonds is 5. The number of carbonyl (C=O) groups is 1. The number of hydrogen-bond donors (Lipinski definition) is 1. The van der Waals surface area contributed by atoms with Gasteiger partial charge in [-0.05, 0) is 36.8 Å². The number of benzene rings is 2. The SMILES string of the molecule is C=C(C)C(=O)OCCc1ccc(-n2nc3ccccc3n2)c(O)c1. The molecule has 1 heterocycles. The van der Waals surface area contributed by atoms with Crippen LogP contribution in [0.15, 0.2) is 54.6 Å². The maximum Gasteiger partial charge on any atom is 0.333 e. The number of ether oxygens (including phenoxy) is 1. The number of nitrogens with zero attached hydrogens (tertiary/aromatic N) is 3. The van der Waals surface area contributed by atoms with E-state index in [0.29, 0.717) is 17.7 Å². The zero-order valence-corrected chi connectivity index (χ0v) is 13.3. The molecule has 3 aromatic rings. The van der Waals surface area contributed by atoms with E-state index in [9.17, 15) is 9.90 Å².